The van der Waals surface area contributed by atoms with Crippen LogP contribution in [-0.4, -0.2) is 22.0 Å². The zero-order valence-electron chi connectivity index (χ0n) is 12.6. The van der Waals surface area contributed by atoms with Crippen LogP contribution in [0.3, 0.4) is 0 Å². The van der Waals surface area contributed by atoms with Gasteiger partial charge in [-0.1, -0.05) is 42.0 Å². The third-order valence-electron chi connectivity index (χ3n) is 3.63. The van der Waals surface area contributed by atoms with Gasteiger partial charge in [0.15, 0.2) is 0 Å². The lowest BCUT2D eigenvalue weighted by molar-refractivity contribution is 0.472. The number of aryl methyl sites for hydroxylation is 3. The molecule has 1 atom stereocenters. The highest BCUT2D eigenvalue weighted by molar-refractivity contribution is 5.21. The lowest BCUT2D eigenvalue weighted by Crippen LogP contribution is -2.21. The Balaban J connectivity index is 2.01. The van der Waals surface area contributed by atoms with Gasteiger partial charge in [-0.05, 0) is 38.8 Å². The van der Waals surface area contributed by atoms with Crippen LogP contribution in [-0.2, 0) is 13.0 Å². The molecule has 2 rings (SSSR count). The van der Waals surface area contributed by atoms with Crippen molar-refractivity contribution in [2.45, 2.75) is 45.7 Å². The normalized spacial score (nSPS) is 12.6. The van der Waals surface area contributed by atoms with E-state index in [1.165, 1.54) is 16.8 Å². The topological polar surface area (TPSA) is 42.7 Å². The van der Waals surface area contributed by atoms with E-state index < -0.39 is 0 Å². The minimum absolute atomic E-state index is 0.304. The van der Waals surface area contributed by atoms with Crippen LogP contribution in [0.2, 0.25) is 0 Å². The molecular weight excluding hydrogens is 248 g/mol. The quantitative estimate of drug-likeness (QED) is 0.842. The average molecular weight is 272 g/mol. The molecule has 0 fully saturated rings. The van der Waals surface area contributed by atoms with E-state index in [4.69, 9.17) is 0 Å². The van der Waals surface area contributed by atoms with Crippen LogP contribution < -0.4 is 5.32 Å². The second-order valence-electron chi connectivity index (χ2n) is 5.25. The molecule has 4 heteroatoms. The molecule has 0 amide bonds. The molecule has 0 aliphatic rings. The van der Waals surface area contributed by atoms with Gasteiger partial charge in [-0.2, -0.15) is 0 Å². The number of aromatic nitrogens is 3. The molecule has 0 saturated carbocycles. The van der Waals surface area contributed by atoms with Crippen molar-refractivity contribution in [3.63, 3.8) is 0 Å². The summed E-state index contributed by atoms with van der Waals surface area (Å²) in [5, 5.41) is 11.6. The number of hydrogen-bond donors (Lipinski definition) is 1. The number of nitrogens with one attached hydrogen (secondary N) is 1. The summed E-state index contributed by atoms with van der Waals surface area (Å²) < 4.78 is 2.01. The predicted octanol–water partition coefficient (Wildman–Crippen LogP) is 2.89. The first kappa shape index (κ1) is 14.7. The predicted molar refractivity (Wildman–Crippen MR) is 81.6 cm³/mol. The average Bonchev–Trinajstić information content (AvgIpc) is 2.90. The molecule has 20 heavy (non-hydrogen) atoms. The summed E-state index contributed by atoms with van der Waals surface area (Å²) in [6.45, 7) is 5.21. The smallest absolute Gasteiger partial charge is 0.0756 e. The van der Waals surface area contributed by atoms with E-state index in [9.17, 15) is 0 Å². The Bertz CT molecular complexity index is 516. The van der Waals surface area contributed by atoms with Crippen LogP contribution in [0, 0.1) is 6.92 Å². The Morgan fingerprint density at radius 2 is 2.00 bits per heavy atom. The molecule has 4 nitrogen and oxygen atoms in total. The van der Waals surface area contributed by atoms with E-state index in [0.717, 1.165) is 25.8 Å². The van der Waals surface area contributed by atoms with Crippen LogP contribution in [0.4, 0.5) is 0 Å². The van der Waals surface area contributed by atoms with Crippen molar-refractivity contribution in [2.24, 2.45) is 0 Å². The van der Waals surface area contributed by atoms with Gasteiger partial charge in [0.2, 0.25) is 0 Å². The van der Waals surface area contributed by atoms with Crippen molar-refractivity contribution in [1.29, 1.82) is 0 Å². The maximum Gasteiger partial charge on any atom is 0.0756 e. The van der Waals surface area contributed by atoms with Crippen molar-refractivity contribution < 1.29 is 0 Å². The molecule has 0 radical (unpaired) electrons. The van der Waals surface area contributed by atoms with Crippen molar-refractivity contribution in [3.8, 4) is 0 Å². The number of benzene rings is 1. The highest BCUT2D eigenvalue weighted by Gasteiger charge is 2.14. The zero-order chi connectivity index (χ0) is 14.4. The van der Waals surface area contributed by atoms with E-state index in [0.29, 0.717) is 6.04 Å². The fraction of sp³-hybridized carbons (Fsp3) is 0.500. The maximum absolute atomic E-state index is 4.17. The van der Waals surface area contributed by atoms with E-state index >= 15 is 0 Å². The maximum atomic E-state index is 4.17. The molecule has 1 unspecified atom stereocenters. The minimum Gasteiger partial charge on any atom is -0.312 e. The number of hydrogen-bond acceptors (Lipinski definition) is 3. The number of nitrogens with zero attached hydrogens (tertiary/aromatic N) is 3. The molecule has 0 aliphatic heterocycles. The minimum atomic E-state index is 0.304. The van der Waals surface area contributed by atoms with E-state index in [-0.39, 0.29) is 0 Å². The Morgan fingerprint density at radius 1 is 1.25 bits per heavy atom. The third kappa shape index (κ3) is 3.67. The van der Waals surface area contributed by atoms with Crippen molar-refractivity contribution in [1.82, 2.24) is 20.3 Å². The first-order valence-corrected chi connectivity index (χ1v) is 7.35. The fourth-order valence-corrected chi connectivity index (χ4v) is 2.43. The second kappa shape index (κ2) is 7.20. The summed E-state index contributed by atoms with van der Waals surface area (Å²) >= 11 is 0. The van der Waals surface area contributed by atoms with Crippen LogP contribution in [0.5, 0.6) is 0 Å². The van der Waals surface area contributed by atoms with Gasteiger partial charge < -0.3 is 5.32 Å². The molecule has 108 valence electrons. The summed E-state index contributed by atoms with van der Waals surface area (Å²) in [4.78, 5) is 0. The van der Waals surface area contributed by atoms with Gasteiger partial charge in [-0.3, -0.25) is 0 Å². The van der Waals surface area contributed by atoms with Crippen LogP contribution in [0.1, 0.15) is 42.6 Å². The lowest BCUT2D eigenvalue weighted by Gasteiger charge is -2.17. The highest BCUT2D eigenvalue weighted by atomic mass is 15.4. The van der Waals surface area contributed by atoms with E-state index in [1.807, 2.05) is 17.9 Å². The SMILES string of the molecule is CCCn1nncc1C(CCc1ccc(C)cc1)NC. The van der Waals surface area contributed by atoms with Crippen LogP contribution in [0.25, 0.3) is 0 Å². The van der Waals surface area contributed by atoms with Gasteiger partial charge in [0, 0.05) is 6.54 Å². The summed E-state index contributed by atoms with van der Waals surface area (Å²) in [6, 6.07) is 9.07. The molecule has 1 aromatic heterocycles. The summed E-state index contributed by atoms with van der Waals surface area (Å²) in [5.41, 5.74) is 3.87. The molecule has 2 aromatic rings. The Morgan fingerprint density at radius 3 is 2.65 bits per heavy atom. The van der Waals surface area contributed by atoms with Gasteiger partial charge in [-0.15, -0.1) is 5.10 Å². The van der Waals surface area contributed by atoms with Gasteiger partial charge in [0.05, 0.1) is 17.9 Å². The summed E-state index contributed by atoms with van der Waals surface area (Å²) in [5.74, 6) is 0. The van der Waals surface area contributed by atoms with Crippen molar-refractivity contribution in [2.75, 3.05) is 7.05 Å². The Labute approximate surface area is 121 Å². The summed E-state index contributed by atoms with van der Waals surface area (Å²) in [6.07, 6.45) is 5.07. The molecule has 0 saturated heterocycles. The third-order valence-corrected chi connectivity index (χ3v) is 3.63. The molecule has 0 spiro atoms. The molecule has 0 aliphatic carbocycles. The van der Waals surface area contributed by atoms with Gasteiger partial charge >= 0.3 is 0 Å². The largest absolute Gasteiger partial charge is 0.312 e. The fourth-order valence-electron chi connectivity index (χ4n) is 2.43. The van der Waals surface area contributed by atoms with Gasteiger partial charge in [0.25, 0.3) is 0 Å². The first-order chi connectivity index (χ1) is 9.74. The van der Waals surface area contributed by atoms with Gasteiger partial charge in [-0.25, -0.2) is 4.68 Å². The standard InChI is InChI=1S/C16H24N4/c1-4-11-20-16(12-18-19-20)15(17-3)10-9-14-7-5-13(2)6-8-14/h5-8,12,15,17H,4,9-11H2,1-3H3. The number of rotatable bonds is 7. The van der Waals surface area contributed by atoms with Crippen LogP contribution in [0.15, 0.2) is 30.5 Å². The van der Waals surface area contributed by atoms with Crippen LogP contribution >= 0.6 is 0 Å². The Hall–Kier alpha value is -1.68. The second-order valence-corrected chi connectivity index (χ2v) is 5.25. The molecule has 1 aromatic carbocycles. The van der Waals surface area contributed by atoms with Crippen molar-refractivity contribution >= 4 is 0 Å². The first-order valence-electron chi connectivity index (χ1n) is 7.35. The van der Waals surface area contributed by atoms with Crippen molar-refractivity contribution in [3.05, 3.63) is 47.3 Å². The van der Waals surface area contributed by atoms with E-state index in [2.05, 4.69) is 53.7 Å². The monoisotopic (exact) mass is 272 g/mol. The molecular formula is C16H24N4. The summed E-state index contributed by atoms with van der Waals surface area (Å²) in [7, 11) is 2.00. The highest BCUT2D eigenvalue weighted by Crippen LogP contribution is 2.18. The lowest BCUT2D eigenvalue weighted by atomic mass is 10.0. The Kier molecular flexibility index (Phi) is 5.30. The zero-order valence-corrected chi connectivity index (χ0v) is 12.6. The molecule has 1 N–H and O–H groups in total. The van der Waals surface area contributed by atoms with E-state index in [1.54, 1.807) is 0 Å². The molecule has 1 heterocycles. The van der Waals surface area contributed by atoms with Gasteiger partial charge in [0.1, 0.15) is 0 Å². The molecule has 0 bridgehead atoms.